The predicted octanol–water partition coefficient (Wildman–Crippen LogP) is 5.36. The number of hydrogen-bond donors (Lipinski definition) is 1. The van der Waals surface area contributed by atoms with Gasteiger partial charge in [-0.25, -0.2) is 4.39 Å². The summed E-state index contributed by atoms with van der Waals surface area (Å²) in [7, 11) is 0. The van der Waals surface area contributed by atoms with E-state index in [0.717, 1.165) is 11.0 Å². The minimum Gasteiger partial charge on any atom is -0.456 e. The molecule has 0 saturated carbocycles. The van der Waals surface area contributed by atoms with Crippen LogP contribution in [0.5, 0.6) is 11.5 Å². The Morgan fingerprint density at radius 2 is 2.00 bits per heavy atom. The van der Waals surface area contributed by atoms with Crippen molar-refractivity contribution >= 4 is 15.9 Å². The molecule has 0 radical (unpaired) electrons. The highest BCUT2D eigenvalue weighted by Crippen LogP contribution is 2.32. The number of benzene rings is 2. The first-order chi connectivity index (χ1) is 10.0. The van der Waals surface area contributed by atoms with Gasteiger partial charge in [-0.05, 0) is 77.8 Å². The maximum atomic E-state index is 13.3. The topological polar surface area (TPSA) is 21.3 Å². The molecule has 112 valence electrons. The Labute approximate surface area is 133 Å². The predicted molar refractivity (Wildman–Crippen MR) is 87.4 cm³/mol. The van der Waals surface area contributed by atoms with Gasteiger partial charge in [0.2, 0.25) is 0 Å². The molecule has 2 rings (SSSR count). The molecular weight excluding hydrogens is 333 g/mol. The fraction of sp³-hybridized carbons (Fsp3) is 0.294. The van der Waals surface area contributed by atoms with Gasteiger partial charge in [-0.15, -0.1) is 0 Å². The van der Waals surface area contributed by atoms with Crippen LogP contribution < -0.4 is 10.1 Å². The van der Waals surface area contributed by atoms with Gasteiger partial charge in [0, 0.05) is 6.04 Å². The van der Waals surface area contributed by atoms with Crippen LogP contribution in [0.2, 0.25) is 0 Å². The molecule has 0 heterocycles. The number of halogens is 2. The van der Waals surface area contributed by atoms with Crippen molar-refractivity contribution in [1.29, 1.82) is 0 Å². The van der Waals surface area contributed by atoms with Gasteiger partial charge < -0.3 is 10.1 Å². The number of rotatable bonds is 5. The molecule has 0 amide bonds. The summed E-state index contributed by atoms with van der Waals surface area (Å²) < 4.78 is 19.9. The molecular formula is C17H19BrFNO. The van der Waals surface area contributed by atoms with Crippen LogP contribution in [-0.2, 0) is 0 Å². The lowest BCUT2D eigenvalue weighted by atomic mass is 10.1. The fourth-order valence-electron chi connectivity index (χ4n) is 2.10. The molecule has 0 aliphatic heterocycles. The lowest BCUT2D eigenvalue weighted by molar-refractivity contribution is 0.476. The Morgan fingerprint density at radius 1 is 1.24 bits per heavy atom. The van der Waals surface area contributed by atoms with Gasteiger partial charge in [0.25, 0.3) is 0 Å². The fourth-order valence-corrected chi connectivity index (χ4v) is 2.58. The minimum atomic E-state index is -0.226. The van der Waals surface area contributed by atoms with E-state index >= 15 is 0 Å². The SMILES string of the molecule is CCNC(C)c1ccc(Oc2ccc(F)c(C)c2)c(Br)c1. The molecule has 1 unspecified atom stereocenters. The summed E-state index contributed by atoms with van der Waals surface area (Å²) in [4.78, 5) is 0. The Hall–Kier alpha value is -1.39. The summed E-state index contributed by atoms with van der Waals surface area (Å²) in [6.45, 7) is 6.85. The Balaban J connectivity index is 2.19. The minimum absolute atomic E-state index is 0.226. The summed E-state index contributed by atoms with van der Waals surface area (Å²) in [5.74, 6) is 1.12. The normalized spacial score (nSPS) is 12.2. The van der Waals surface area contributed by atoms with Crippen LogP contribution in [0, 0.1) is 12.7 Å². The van der Waals surface area contributed by atoms with Crippen molar-refractivity contribution in [2.24, 2.45) is 0 Å². The van der Waals surface area contributed by atoms with Gasteiger partial charge in [0.1, 0.15) is 17.3 Å². The van der Waals surface area contributed by atoms with E-state index in [-0.39, 0.29) is 11.9 Å². The van der Waals surface area contributed by atoms with Gasteiger partial charge in [-0.1, -0.05) is 13.0 Å². The molecule has 1 atom stereocenters. The van der Waals surface area contributed by atoms with Gasteiger partial charge in [-0.3, -0.25) is 0 Å². The second kappa shape index (κ2) is 7.05. The van der Waals surface area contributed by atoms with Crippen molar-refractivity contribution in [3.8, 4) is 11.5 Å². The van der Waals surface area contributed by atoms with Crippen LogP contribution in [0.15, 0.2) is 40.9 Å². The van der Waals surface area contributed by atoms with Crippen molar-refractivity contribution in [1.82, 2.24) is 5.32 Å². The molecule has 2 aromatic rings. The van der Waals surface area contributed by atoms with Gasteiger partial charge in [-0.2, -0.15) is 0 Å². The smallest absolute Gasteiger partial charge is 0.141 e. The molecule has 0 saturated heterocycles. The van der Waals surface area contributed by atoms with Gasteiger partial charge in [0.15, 0.2) is 0 Å². The molecule has 0 aliphatic carbocycles. The van der Waals surface area contributed by atoms with Gasteiger partial charge in [0.05, 0.1) is 4.47 Å². The van der Waals surface area contributed by atoms with Crippen molar-refractivity contribution in [2.75, 3.05) is 6.54 Å². The number of ether oxygens (including phenoxy) is 1. The van der Waals surface area contributed by atoms with Crippen LogP contribution in [0.4, 0.5) is 4.39 Å². The number of aryl methyl sites for hydroxylation is 1. The third kappa shape index (κ3) is 4.05. The van der Waals surface area contributed by atoms with E-state index < -0.39 is 0 Å². The van der Waals surface area contributed by atoms with Crippen LogP contribution in [0.25, 0.3) is 0 Å². The Kier molecular flexibility index (Phi) is 5.37. The van der Waals surface area contributed by atoms with E-state index in [2.05, 4.69) is 35.1 Å². The summed E-state index contributed by atoms with van der Waals surface area (Å²) >= 11 is 3.53. The molecule has 0 aromatic heterocycles. The zero-order chi connectivity index (χ0) is 15.4. The highest BCUT2D eigenvalue weighted by molar-refractivity contribution is 9.10. The van der Waals surface area contributed by atoms with Gasteiger partial charge >= 0.3 is 0 Å². The summed E-state index contributed by atoms with van der Waals surface area (Å²) in [5.41, 5.74) is 1.76. The first-order valence-corrected chi connectivity index (χ1v) is 7.77. The van der Waals surface area contributed by atoms with Crippen LogP contribution in [-0.4, -0.2) is 6.54 Å². The molecule has 4 heteroatoms. The van der Waals surface area contributed by atoms with Crippen molar-refractivity contribution in [3.05, 3.63) is 57.8 Å². The average Bonchev–Trinajstić information content (AvgIpc) is 2.45. The van der Waals surface area contributed by atoms with Crippen molar-refractivity contribution < 1.29 is 9.13 Å². The molecule has 1 N–H and O–H groups in total. The third-order valence-corrected chi connectivity index (χ3v) is 3.94. The van der Waals surface area contributed by atoms with Crippen LogP contribution >= 0.6 is 15.9 Å². The van der Waals surface area contributed by atoms with E-state index in [0.29, 0.717) is 17.1 Å². The summed E-state index contributed by atoms with van der Waals surface area (Å²) in [6.07, 6.45) is 0. The van der Waals surface area contributed by atoms with Crippen molar-refractivity contribution in [2.45, 2.75) is 26.8 Å². The van der Waals surface area contributed by atoms with E-state index in [9.17, 15) is 4.39 Å². The second-order valence-electron chi connectivity index (χ2n) is 4.98. The Bertz CT molecular complexity index is 630. The van der Waals surface area contributed by atoms with Crippen LogP contribution in [0.1, 0.15) is 31.0 Å². The zero-order valence-corrected chi connectivity index (χ0v) is 14.0. The zero-order valence-electron chi connectivity index (χ0n) is 12.4. The molecule has 0 spiro atoms. The molecule has 2 nitrogen and oxygen atoms in total. The quantitative estimate of drug-likeness (QED) is 0.782. The largest absolute Gasteiger partial charge is 0.456 e. The molecule has 0 aliphatic rings. The maximum absolute atomic E-state index is 13.3. The summed E-state index contributed by atoms with van der Waals surface area (Å²) in [6, 6.07) is 11.0. The van der Waals surface area contributed by atoms with E-state index in [1.165, 1.54) is 11.6 Å². The maximum Gasteiger partial charge on any atom is 0.141 e. The first-order valence-electron chi connectivity index (χ1n) is 6.98. The molecule has 0 bridgehead atoms. The standard InChI is InChI=1S/C17H19BrFNO/c1-4-20-12(3)13-5-8-17(15(18)10-13)21-14-6-7-16(19)11(2)9-14/h5-10,12,20H,4H2,1-3H3. The van der Waals surface area contributed by atoms with Crippen molar-refractivity contribution in [3.63, 3.8) is 0 Å². The second-order valence-corrected chi connectivity index (χ2v) is 5.84. The highest BCUT2D eigenvalue weighted by Gasteiger charge is 2.09. The van der Waals surface area contributed by atoms with E-state index in [4.69, 9.17) is 4.74 Å². The molecule has 21 heavy (non-hydrogen) atoms. The monoisotopic (exact) mass is 351 g/mol. The molecule has 2 aromatic carbocycles. The summed E-state index contributed by atoms with van der Waals surface area (Å²) in [5, 5.41) is 3.37. The lowest BCUT2D eigenvalue weighted by Crippen LogP contribution is -2.17. The van der Waals surface area contributed by atoms with Crippen LogP contribution in [0.3, 0.4) is 0 Å². The first kappa shape index (κ1) is 16.0. The average molecular weight is 352 g/mol. The lowest BCUT2D eigenvalue weighted by Gasteiger charge is -2.15. The van der Waals surface area contributed by atoms with E-state index in [1.54, 1.807) is 19.1 Å². The molecule has 0 fully saturated rings. The highest BCUT2D eigenvalue weighted by atomic mass is 79.9. The number of nitrogens with one attached hydrogen (secondary N) is 1. The van der Waals surface area contributed by atoms with E-state index in [1.807, 2.05) is 18.2 Å². The third-order valence-electron chi connectivity index (χ3n) is 3.32. The number of hydrogen-bond acceptors (Lipinski definition) is 2. The Morgan fingerprint density at radius 3 is 2.62 bits per heavy atom.